The lowest BCUT2D eigenvalue weighted by Crippen LogP contribution is -1.85. The Balaban J connectivity index is 1.78. The number of aromatic nitrogens is 6. The highest BCUT2D eigenvalue weighted by Crippen LogP contribution is 2.34. The molecule has 0 aliphatic heterocycles. The van der Waals surface area contributed by atoms with E-state index in [-0.39, 0.29) is 0 Å². The van der Waals surface area contributed by atoms with Gasteiger partial charge in [-0.15, -0.1) is 0 Å². The van der Waals surface area contributed by atoms with Crippen LogP contribution in [0.3, 0.4) is 0 Å². The third-order valence-electron chi connectivity index (χ3n) is 2.49. The molecular weight excluding hydrogens is 292 g/mol. The summed E-state index contributed by atoms with van der Waals surface area (Å²) in [6, 6.07) is 3.56. The SMILES string of the molecule is c1cnc(-c2nc3sc(-c4ncccn4)nc3s2)nc1. The zero-order valence-electron chi connectivity index (χ0n) is 9.96. The Morgan fingerprint density at radius 2 is 1.00 bits per heavy atom. The van der Waals surface area contributed by atoms with E-state index in [1.807, 2.05) is 0 Å². The first kappa shape index (κ1) is 11.5. The average molecular weight is 298 g/mol. The maximum absolute atomic E-state index is 4.52. The lowest BCUT2D eigenvalue weighted by molar-refractivity contribution is 1.17. The minimum Gasteiger partial charge on any atom is -0.234 e. The molecule has 6 nitrogen and oxygen atoms in total. The number of nitrogens with zero attached hydrogens (tertiary/aromatic N) is 6. The molecule has 0 fully saturated rings. The Labute approximate surface area is 121 Å². The van der Waals surface area contributed by atoms with Crippen LogP contribution < -0.4 is 0 Å². The zero-order chi connectivity index (χ0) is 13.4. The molecule has 0 atom stereocenters. The van der Waals surface area contributed by atoms with Gasteiger partial charge in [-0.3, -0.25) is 0 Å². The summed E-state index contributed by atoms with van der Waals surface area (Å²) in [4.78, 5) is 27.5. The predicted octanol–water partition coefficient (Wildman–Crippen LogP) is 2.67. The predicted molar refractivity (Wildman–Crippen MR) is 77.3 cm³/mol. The van der Waals surface area contributed by atoms with Crippen molar-refractivity contribution >= 4 is 32.3 Å². The van der Waals surface area contributed by atoms with Gasteiger partial charge in [0.1, 0.15) is 0 Å². The lowest BCUT2D eigenvalue weighted by atomic mass is 10.6. The number of rotatable bonds is 2. The monoisotopic (exact) mass is 298 g/mol. The average Bonchev–Trinajstić information content (AvgIpc) is 3.08. The van der Waals surface area contributed by atoms with Gasteiger partial charge >= 0.3 is 0 Å². The smallest absolute Gasteiger partial charge is 0.188 e. The Kier molecular flexibility index (Phi) is 2.68. The van der Waals surface area contributed by atoms with Crippen LogP contribution in [0.5, 0.6) is 0 Å². The van der Waals surface area contributed by atoms with Crippen molar-refractivity contribution in [2.24, 2.45) is 0 Å². The highest BCUT2D eigenvalue weighted by atomic mass is 32.1. The van der Waals surface area contributed by atoms with Crippen LogP contribution in [0.2, 0.25) is 0 Å². The molecule has 0 aliphatic carbocycles. The van der Waals surface area contributed by atoms with Crippen LogP contribution in [0.15, 0.2) is 36.9 Å². The van der Waals surface area contributed by atoms with Gasteiger partial charge in [0.25, 0.3) is 0 Å². The molecule has 0 unspecified atom stereocenters. The molecular formula is C12H6N6S2. The van der Waals surface area contributed by atoms with Gasteiger partial charge in [-0.25, -0.2) is 29.9 Å². The van der Waals surface area contributed by atoms with Gasteiger partial charge in [-0.05, 0) is 12.1 Å². The first-order chi connectivity index (χ1) is 9.90. The molecule has 0 amide bonds. The van der Waals surface area contributed by atoms with Crippen LogP contribution in [-0.4, -0.2) is 29.9 Å². The summed E-state index contributed by atoms with van der Waals surface area (Å²) in [5.74, 6) is 1.25. The molecule has 20 heavy (non-hydrogen) atoms. The first-order valence-corrected chi connectivity index (χ1v) is 7.35. The number of thiazole rings is 2. The fourth-order valence-corrected chi connectivity index (χ4v) is 3.59. The van der Waals surface area contributed by atoms with Crippen molar-refractivity contribution in [2.45, 2.75) is 0 Å². The van der Waals surface area contributed by atoms with Gasteiger partial charge in [-0.1, -0.05) is 22.7 Å². The molecule has 0 bridgehead atoms. The van der Waals surface area contributed by atoms with E-state index >= 15 is 0 Å². The number of hydrogen-bond donors (Lipinski definition) is 0. The third-order valence-corrected chi connectivity index (χ3v) is 4.51. The second kappa shape index (κ2) is 4.66. The fourth-order valence-electron chi connectivity index (χ4n) is 1.65. The molecule has 4 aromatic rings. The second-order valence-electron chi connectivity index (χ2n) is 3.79. The number of fused-ring (bicyclic) bond motifs is 1. The summed E-state index contributed by atoms with van der Waals surface area (Å²) >= 11 is 2.95. The molecule has 96 valence electrons. The van der Waals surface area contributed by atoms with Crippen LogP contribution in [0, 0.1) is 0 Å². The largest absolute Gasteiger partial charge is 0.234 e. The molecule has 4 aromatic heterocycles. The van der Waals surface area contributed by atoms with E-state index in [1.54, 1.807) is 36.9 Å². The van der Waals surface area contributed by atoms with Gasteiger partial charge in [0.15, 0.2) is 31.3 Å². The van der Waals surface area contributed by atoms with E-state index < -0.39 is 0 Å². The minimum absolute atomic E-state index is 0.625. The van der Waals surface area contributed by atoms with E-state index in [0.29, 0.717) is 11.6 Å². The van der Waals surface area contributed by atoms with Gasteiger partial charge in [-0.2, -0.15) is 0 Å². The summed E-state index contributed by atoms with van der Waals surface area (Å²) in [6.07, 6.45) is 6.81. The van der Waals surface area contributed by atoms with E-state index in [1.165, 1.54) is 22.7 Å². The molecule has 8 heteroatoms. The maximum atomic E-state index is 4.52. The maximum Gasteiger partial charge on any atom is 0.188 e. The first-order valence-electron chi connectivity index (χ1n) is 5.72. The van der Waals surface area contributed by atoms with Crippen molar-refractivity contribution in [1.82, 2.24) is 29.9 Å². The molecule has 0 radical (unpaired) electrons. The molecule has 0 spiro atoms. The van der Waals surface area contributed by atoms with Gasteiger partial charge in [0.05, 0.1) is 0 Å². The number of hydrogen-bond acceptors (Lipinski definition) is 8. The third kappa shape index (κ3) is 1.95. The zero-order valence-corrected chi connectivity index (χ0v) is 11.6. The Bertz CT molecular complexity index is 755. The molecule has 0 aromatic carbocycles. The Morgan fingerprint density at radius 1 is 0.600 bits per heavy atom. The summed E-state index contributed by atoms with van der Waals surface area (Å²) in [5, 5.41) is 1.56. The van der Waals surface area contributed by atoms with Gasteiger partial charge < -0.3 is 0 Å². The summed E-state index contributed by atoms with van der Waals surface area (Å²) in [6.45, 7) is 0. The van der Waals surface area contributed by atoms with Crippen LogP contribution in [0.25, 0.3) is 31.3 Å². The van der Waals surface area contributed by atoms with Crippen molar-refractivity contribution in [2.75, 3.05) is 0 Å². The molecule has 0 saturated carbocycles. The normalized spacial score (nSPS) is 11.0. The topological polar surface area (TPSA) is 77.3 Å². The van der Waals surface area contributed by atoms with Crippen molar-refractivity contribution in [3.05, 3.63) is 36.9 Å². The highest BCUT2D eigenvalue weighted by molar-refractivity contribution is 7.29. The minimum atomic E-state index is 0.625. The van der Waals surface area contributed by atoms with Crippen molar-refractivity contribution in [3.8, 4) is 21.7 Å². The molecule has 0 aliphatic rings. The van der Waals surface area contributed by atoms with Gasteiger partial charge in [0, 0.05) is 24.8 Å². The van der Waals surface area contributed by atoms with Crippen LogP contribution in [0.4, 0.5) is 0 Å². The fraction of sp³-hybridized carbons (Fsp3) is 0. The van der Waals surface area contributed by atoms with Crippen molar-refractivity contribution in [3.63, 3.8) is 0 Å². The Morgan fingerprint density at radius 3 is 1.40 bits per heavy atom. The standard InChI is InChI=1S/C12H6N6S2/c1-3-13-7(14-4-1)9-17-11-12(19-9)18-10(20-11)8-15-5-2-6-16-8/h1-6H. The van der Waals surface area contributed by atoms with E-state index in [0.717, 1.165) is 19.7 Å². The highest BCUT2D eigenvalue weighted by Gasteiger charge is 2.15. The summed E-state index contributed by atoms with van der Waals surface area (Å²) in [7, 11) is 0. The quantitative estimate of drug-likeness (QED) is 0.566. The summed E-state index contributed by atoms with van der Waals surface area (Å²) < 4.78 is 0. The van der Waals surface area contributed by atoms with E-state index in [9.17, 15) is 0 Å². The summed E-state index contributed by atoms with van der Waals surface area (Å²) in [5.41, 5.74) is 0. The van der Waals surface area contributed by atoms with Crippen LogP contribution in [0.1, 0.15) is 0 Å². The van der Waals surface area contributed by atoms with E-state index in [4.69, 9.17) is 0 Å². The Hall–Kier alpha value is -2.32. The molecule has 4 heterocycles. The van der Waals surface area contributed by atoms with E-state index in [2.05, 4.69) is 29.9 Å². The second-order valence-corrected chi connectivity index (χ2v) is 5.75. The van der Waals surface area contributed by atoms with Crippen molar-refractivity contribution < 1.29 is 0 Å². The van der Waals surface area contributed by atoms with Gasteiger partial charge in [0.2, 0.25) is 0 Å². The van der Waals surface area contributed by atoms with Crippen molar-refractivity contribution in [1.29, 1.82) is 0 Å². The molecule has 0 N–H and O–H groups in total. The molecule has 0 saturated heterocycles. The van der Waals surface area contributed by atoms with Crippen LogP contribution in [-0.2, 0) is 0 Å². The lowest BCUT2D eigenvalue weighted by Gasteiger charge is -1.92. The van der Waals surface area contributed by atoms with Crippen LogP contribution >= 0.6 is 22.7 Å². The molecule has 4 rings (SSSR count).